The maximum atomic E-state index is 5.95. The van der Waals surface area contributed by atoms with E-state index in [9.17, 15) is 0 Å². The molecule has 0 amide bonds. The van der Waals surface area contributed by atoms with Crippen LogP contribution in [-0.2, 0) is 16.1 Å². The van der Waals surface area contributed by atoms with Crippen molar-refractivity contribution in [2.75, 3.05) is 0 Å². The van der Waals surface area contributed by atoms with Crippen molar-refractivity contribution in [3.05, 3.63) is 48.2 Å². The summed E-state index contributed by atoms with van der Waals surface area (Å²) in [6, 6.07) is 10.3. The molecule has 92 valence electrons. The van der Waals surface area contributed by atoms with Gasteiger partial charge in [0.05, 0.1) is 19.0 Å². The quantitative estimate of drug-likeness (QED) is 0.790. The fourth-order valence-corrected chi connectivity index (χ4v) is 2.18. The molecule has 0 saturated carbocycles. The maximum Gasteiger partial charge on any atom is 0.103 e. The first-order chi connectivity index (χ1) is 8.31. The van der Waals surface area contributed by atoms with E-state index in [2.05, 4.69) is 26.0 Å². The van der Waals surface area contributed by atoms with Gasteiger partial charge in [0, 0.05) is 5.92 Å². The van der Waals surface area contributed by atoms with Crippen LogP contribution in [0.4, 0.5) is 0 Å². The smallest absolute Gasteiger partial charge is 0.103 e. The Kier molecular flexibility index (Phi) is 4.21. The van der Waals surface area contributed by atoms with Gasteiger partial charge in [-0.05, 0) is 18.1 Å². The number of hydrogen-bond donors (Lipinski definition) is 0. The average Bonchev–Trinajstić information content (AvgIpc) is 2.39. The third-order valence-corrected chi connectivity index (χ3v) is 3.31. The summed E-state index contributed by atoms with van der Waals surface area (Å²) in [6.45, 7) is 5.00. The molecule has 2 rings (SSSR count). The Morgan fingerprint density at radius 2 is 2.00 bits per heavy atom. The predicted molar refractivity (Wildman–Crippen MR) is 68.5 cm³/mol. The molecule has 3 atom stereocenters. The SMILES string of the molecule is CC[C@H]1OC=C[C@@H](OCc2ccccc2)[C@@H]1C. The van der Waals surface area contributed by atoms with Gasteiger partial charge in [-0.25, -0.2) is 0 Å². The summed E-state index contributed by atoms with van der Waals surface area (Å²) in [5.41, 5.74) is 1.22. The van der Waals surface area contributed by atoms with Crippen molar-refractivity contribution in [1.29, 1.82) is 0 Å². The van der Waals surface area contributed by atoms with E-state index in [0.717, 1.165) is 6.42 Å². The summed E-state index contributed by atoms with van der Waals surface area (Å²) >= 11 is 0. The van der Waals surface area contributed by atoms with E-state index in [1.165, 1.54) is 5.56 Å². The highest BCUT2D eigenvalue weighted by atomic mass is 16.5. The lowest BCUT2D eigenvalue weighted by Gasteiger charge is -2.31. The van der Waals surface area contributed by atoms with Crippen LogP contribution >= 0.6 is 0 Å². The monoisotopic (exact) mass is 232 g/mol. The molecule has 0 fully saturated rings. The lowest BCUT2D eigenvalue weighted by molar-refractivity contribution is -0.0364. The second-order valence-corrected chi connectivity index (χ2v) is 4.53. The molecule has 2 nitrogen and oxygen atoms in total. The van der Waals surface area contributed by atoms with Crippen LogP contribution in [0.25, 0.3) is 0 Å². The molecule has 0 aliphatic carbocycles. The molecule has 0 N–H and O–H groups in total. The molecule has 1 aliphatic rings. The Morgan fingerprint density at radius 3 is 2.71 bits per heavy atom. The van der Waals surface area contributed by atoms with Crippen LogP contribution in [0.15, 0.2) is 42.7 Å². The van der Waals surface area contributed by atoms with Gasteiger partial charge in [0.25, 0.3) is 0 Å². The van der Waals surface area contributed by atoms with Gasteiger partial charge in [-0.2, -0.15) is 0 Å². The van der Waals surface area contributed by atoms with Crippen LogP contribution < -0.4 is 0 Å². The highest BCUT2D eigenvalue weighted by Gasteiger charge is 2.27. The van der Waals surface area contributed by atoms with Crippen LogP contribution in [0.2, 0.25) is 0 Å². The number of ether oxygens (including phenoxy) is 2. The summed E-state index contributed by atoms with van der Waals surface area (Å²) in [5, 5.41) is 0. The van der Waals surface area contributed by atoms with E-state index in [0.29, 0.717) is 12.5 Å². The number of rotatable bonds is 4. The zero-order valence-electron chi connectivity index (χ0n) is 10.5. The summed E-state index contributed by atoms with van der Waals surface area (Å²) in [5.74, 6) is 0.411. The Labute approximate surface area is 103 Å². The molecule has 0 saturated heterocycles. The number of benzene rings is 1. The second-order valence-electron chi connectivity index (χ2n) is 4.53. The first-order valence-electron chi connectivity index (χ1n) is 6.29. The standard InChI is InChI=1S/C15H20O2/c1-3-14-12(2)15(9-10-16-14)17-11-13-7-5-4-6-8-13/h4-10,12,14-15H,3,11H2,1-2H3/t12-,14-,15-/m1/s1. The van der Waals surface area contributed by atoms with E-state index in [4.69, 9.17) is 9.47 Å². The Balaban J connectivity index is 1.91. The fraction of sp³-hybridized carbons (Fsp3) is 0.467. The highest BCUT2D eigenvalue weighted by molar-refractivity contribution is 5.13. The van der Waals surface area contributed by atoms with Crippen LogP contribution in [-0.4, -0.2) is 12.2 Å². The molecule has 1 aliphatic heterocycles. The largest absolute Gasteiger partial charge is 0.498 e. The summed E-state index contributed by atoms with van der Waals surface area (Å²) in [4.78, 5) is 0. The molecular weight excluding hydrogens is 212 g/mol. The Bertz CT molecular complexity index is 358. The minimum atomic E-state index is 0.161. The molecule has 0 aromatic heterocycles. The van der Waals surface area contributed by atoms with Gasteiger partial charge in [-0.15, -0.1) is 0 Å². The van der Waals surface area contributed by atoms with Gasteiger partial charge >= 0.3 is 0 Å². The Hall–Kier alpha value is -1.28. The van der Waals surface area contributed by atoms with Crippen molar-refractivity contribution < 1.29 is 9.47 Å². The minimum absolute atomic E-state index is 0.161. The van der Waals surface area contributed by atoms with Crippen molar-refractivity contribution in [2.24, 2.45) is 5.92 Å². The first kappa shape index (κ1) is 12.2. The summed E-state index contributed by atoms with van der Waals surface area (Å²) in [7, 11) is 0. The second kappa shape index (κ2) is 5.87. The van der Waals surface area contributed by atoms with Gasteiger partial charge in [0.15, 0.2) is 0 Å². The molecular formula is C15H20O2. The lowest BCUT2D eigenvalue weighted by Crippen LogP contribution is -2.34. The molecule has 17 heavy (non-hydrogen) atoms. The third-order valence-electron chi connectivity index (χ3n) is 3.31. The van der Waals surface area contributed by atoms with Crippen LogP contribution in [0.5, 0.6) is 0 Å². The van der Waals surface area contributed by atoms with Crippen molar-refractivity contribution >= 4 is 0 Å². The van der Waals surface area contributed by atoms with Gasteiger partial charge < -0.3 is 9.47 Å². The molecule has 1 aromatic rings. The lowest BCUT2D eigenvalue weighted by atomic mass is 9.94. The van der Waals surface area contributed by atoms with Gasteiger partial charge in [-0.3, -0.25) is 0 Å². The highest BCUT2D eigenvalue weighted by Crippen LogP contribution is 2.24. The third kappa shape index (κ3) is 3.10. The van der Waals surface area contributed by atoms with Crippen molar-refractivity contribution in [1.82, 2.24) is 0 Å². The molecule has 0 radical (unpaired) electrons. The van der Waals surface area contributed by atoms with E-state index >= 15 is 0 Å². The van der Waals surface area contributed by atoms with E-state index in [1.807, 2.05) is 24.3 Å². The molecule has 0 bridgehead atoms. The molecule has 1 heterocycles. The fourth-order valence-electron chi connectivity index (χ4n) is 2.18. The van der Waals surface area contributed by atoms with E-state index < -0.39 is 0 Å². The van der Waals surface area contributed by atoms with E-state index in [-0.39, 0.29) is 12.2 Å². The minimum Gasteiger partial charge on any atom is -0.498 e. The van der Waals surface area contributed by atoms with Gasteiger partial charge in [0.2, 0.25) is 0 Å². The Morgan fingerprint density at radius 1 is 1.24 bits per heavy atom. The van der Waals surface area contributed by atoms with E-state index in [1.54, 1.807) is 6.26 Å². The zero-order valence-corrected chi connectivity index (χ0v) is 10.5. The topological polar surface area (TPSA) is 18.5 Å². The number of hydrogen-bond acceptors (Lipinski definition) is 2. The summed E-state index contributed by atoms with van der Waals surface area (Å²) < 4.78 is 11.5. The van der Waals surface area contributed by atoms with Crippen molar-refractivity contribution in [3.8, 4) is 0 Å². The first-order valence-corrected chi connectivity index (χ1v) is 6.29. The van der Waals surface area contributed by atoms with Crippen LogP contribution in [0, 0.1) is 5.92 Å². The van der Waals surface area contributed by atoms with Crippen LogP contribution in [0.3, 0.4) is 0 Å². The van der Waals surface area contributed by atoms with Crippen LogP contribution in [0.1, 0.15) is 25.8 Å². The predicted octanol–water partition coefficient (Wildman–Crippen LogP) is 3.53. The molecule has 0 spiro atoms. The molecule has 0 unspecified atom stereocenters. The normalized spacial score (nSPS) is 27.8. The average molecular weight is 232 g/mol. The zero-order chi connectivity index (χ0) is 12.1. The van der Waals surface area contributed by atoms with Gasteiger partial charge in [0.1, 0.15) is 6.10 Å². The molecule has 2 heteroatoms. The van der Waals surface area contributed by atoms with Crippen molar-refractivity contribution in [3.63, 3.8) is 0 Å². The van der Waals surface area contributed by atoms with Crippen molar-refractivity contribution in [2.45, 2.75) is 39.1 Å². The summed E-state index contributed by atoms with van der Waals surface area (Å²) in [6.07, 6.45) is 5.26. The molecule has 1 aromatic carbocycles. The maximum absolute atomic E-state index is 5.95. The van der Waals surface area contributed by atoms with Gasteiger partial charge in [-0.1, -0.05) is 44.2 Å².